The number of allylic oxidation sites excluding steroid dienone is 8. The molecule has 0 spiro atoms. The highest BCUT2D eigenvalue weighted by atomic mass is 31.2. The summed E-state index contributed by atoms with van der Waals surface area (Å²) >= 11 is 0. The molecule has 0 aromatic rings. The summed E-state index contributed by atoms with van der Waals surface area (Å²) in [6.07, 6.45) is 47.3. The highest BCUT2D eigenvalue weighted by molar-refractivity contribution is 7.47. The molecule has 0 radical (unpaired) electrons. The number of carbonyl (C=O) groups is 2. The maximum absolute atomic E-state index is 12.5. The molecule has 0 rings (SSSR count). The van der Waals surface area contributed by atoms with Crippen LogP contribution in [-0.4, -0.2) is 49.3 Å². The van der Waals surface area contributed by atoms with Gasteiger partial charge in [-0.1, -0.05) is 197 Å². The fourth-order valence-corrected chi connectivity index (χ4v) is 6.82. The van der Waals surface area contributed by atoms with Crippen LogP contribution in [-0.2, 0) is 32.7 Å². The van der Waals surface area contributed by atoms with Crippen molar-refractivity contribution < 1.29 is 37.6 Å². The first kappa shape index (κ1) is 53.0. The number of esters is 2. The van der Waals surface area contributed by atoms with Crippen LogP contribution in [0.3, 0.4) is 0 Å². The number of nitrogens with two attached hydrogens (primary N) is 1. The second kappa shape index (κ2) is 41.6. The normalized spacial score (nSPS) is 13.7. The molecule has 320 valence electrons. The van der Waals surface area contributed by atoms with Gasteiger partial charge >= 0.3 is 19.8 Å². The molecule has 0 saturated carbocycles. The zero-order valence-electron chi connectivity index (χ0n) is 35.2. The van der Waals surface area contributed by atoms with E-state index < -0.39 is 32.5 Å². The molecule has 2 unspecified atom stereocenters. The SMILES string of the molecule is CC/C=C/C=C/C=C/C=C/CCCCCC(=O)OC(COC(=O)CCCCCCCCCCCCCCCCCCCCCCC)COP(=O)(O)OCCN. The number of hydrogen-bond acceptors (Lipinski definition) is 8. The lowest BCUT2D eigenvalue weighted by atomic mass is 10.0. The lowest BCUT2D eigenvalue weighted by Crippen LogP contribution is -2.29. The quantitative estimate of drug-likeness (QED) is 0.0268. The number of hydrogen-bond donors (Lipinski definition) is 2. The largest absolute Gasteiger partial charge is 0.472 e. The van der Waals surface area contributed by atoms with E-state index in [4.69, 9.17) is 24.3 Å². The molecular weight excluding hydrogens is 713 g/mol. The third-order valence-corrected chi connectivity index (χ3v) is 10.3. The molecule has 0 saturated heterocycles. The molecule has 55 heavy (non-hydrogen) atoms. The third-order valence-electron chi connectivity index (χ3n) is 9.32. The van der Waals surface area contributed by atoms with Gasteiger partial charge in [0.1, 0.15) is 6.61 Å². The van der Waals surface area contributed by atoms with Crippen molar-refractivity contribution in [3.05, 3.63) is 48.6 Å². The minimum absolute atomic E-state index is 0.0459. The van der Waals surface area contributed by atoms with Crippen LogP contribution in [0.5, 0.6) is 0 Å². The first-order valence-electron chi connectivity index (χ1n) is 22.2. The molecule has 0 aliphatic carbocycles. The third kappa shape index (κ3) is 41.4. The summed E-state index contributed by atoms with van der Waals surface area (Å²) in [5.74, 6) is -0.871. The van der Waals surface area contributed by atoms with Gasteiger partial charge in [-0.3, -0.25) is 18.6 Å². The van der Waals surface area contributed by atoms with Crippen LogP contribution in [0.15, 0.2) is 48.6 Å². The molecule has 0 aliphatic rings. The van der Waals surface area contributed by atoms with E-state index in [1.807, 2.05) is 36.5 Å². The highest BCUT2D eigenvalue weighted by Gasteiger charge is 2.26. The van der Waals surface area contributed by atoms with Gasteiger partial charge < -0.3 is 20.1 Å². The summed E-state index contributed by atoms with van der Waals surface area (Å²) < 4.78 is 32.7. The van der Waals surface area contributed by atoms with Crippen molar-refractivity contribution in [3.63, 3.8) is 0 Å². The average Bonchev–Trinajstić information content (AvgIpc) is 3.17. The standard InChI is InChI=1S/C45H82NO8P/c1-3-5-7-9-11-13-15-17-18-19-20-21-22-23-24-26-27-29-31-33-35-37-44(47)51-41-43(42-53-55(49,50)52-40-39-46)54-45(48)38-36-34-32-30-28-25-16-14-12-10-8-6-4-2/h6,8,10,12,14,16,25,28,43H,3-5,7,9,11,13,15,17-24,26-27,29-42,46H2,1-2H3,(H,49,50)/b8-6+,12-10+,16-14+,28-25+. The summed E-state index contributed by atoms with van der Waals surface area (Å²) in [6.45, 7) is 3.55. The summed E-state index contributed by atoms with van der Waals surface area (Å²) in [4.78, 5) is 34.8. The lowest BCUT2D eigenvalue weighted by Gasteiger charge is -2.19. The van der Waals surface area contributed by atoms with E-state index in [1.54, 1.807) is 0 Å². The van der Waals surface area contributed by atoms with Crippen molar-refractivity contribution in [2.45, 2.75) is 200 Å². The molecule has 0 fully saturated rings. The second-order valence-corrected chi connectivity index (χ2v) is 16.1. The Balaban J connectivity index is 4.09. The van der Waals surface area contributed by atoms with Crippen LogP contribution >= 0.6 is 7.82 Å². The predicted octanol–water partition coefficient (Wildman–Crippen LogP) is 12.7. The molecule has 2 atom stereocenters. The second-order valence-electron chi connectivity index (χ2n) is 14.6. The molecule has 0 aliphatic heterocycles. The molecule has 0 amide bonds. The summed E-state index contributed by atoms with van der Waals surface area (Å²) in [5, 5.41) is 0. The van der Waals surface area contributed by atoms with Crippen LogP contribution in [0.4, 0.5) is 0 Å². The van der Waals surface area contributed by atoms with Gasteiger partial charge in [0.05, 0.1) is 13.2 Å². The molecule has 0 heterocycles. The first-order chi connectivity index (χ1) is 26.8. The van der Waals surface area contributed by atoms with Crippen molar-refractivity contribution in [1.82, 2.24) is 0 Å². The molecular formula is C45H82NO8P. The molecule has 10 heteroatoms. The Morgan fingerprint density at radius 2 is 1.00 bits per heavy atom. The zero-order chi connectivity index (χ0) is 40.3. The van der Waals surface area contributed by atoms with E-state index >= 15 is 0 Å². The maximum Gasteiger partial charge on any atom is 0.472 e. The smallest absolute Gasteiger partial charge is 0.462 e. The number of unbranched alkanes of at least 4 members (excludes halogenated alkanes) is 23. The van der Waals surface area contributed by atoms with Gasteiger partial charge in [-0.15, -0.1) is 0 Å². The monoisotopic (exact) mass is 796 g/mol. The minimum Gasteiger partial charge on any atom is -0.462 e. The molecule has 0 aromatic carbocycles. The van der Waals surface area contributed by atoms with Gasteiger partial charge in [-0.25, -0.2) is 4.57 Å². The van der Waals surface area contributed by atoms with Crippen LogP contribution in [0.25, 0.3) is 0 Å². The van der Waals surface area contributed by atoms with E-state index in [9.17, 15) is 19.0 Å². The zero-order valence-corrected chi connectivity index (χ0v) is 36.0. The van der Waals surface area contributed by atoms with Gasteiger partial charge in [-0.05, 0) is 32.1 Å². The van der Waals surface area contributed by atoms with E-state index in [1.165, 1.54) is 116 Å². The maximum atomic E-state index is 12.5. The van der Waals surface area contributed by atoms with Crippen molar-refractivity contribution in [3.8, 4) is 0 Å². The number of rotatable bonds is 41. The molecule has 9 nitrogen and oxygen atoms in total. The van der Waals surface area contributed by atoms with Crippen LogP contribution in [0, 0.1) is 0 Å². The van der Waals surface area contributed by atoms with E-state index in [0.717, 1.165) is 44.9 Å². The Labute approximate surface area is 336 Å². The van der Waals surface area contributed by atoms with E-state index in [2.05, 4.69) is 26.0 Å². The van der Waals surface area contributed by atoms with Crippen LogP contribution < -0.4 is 5.73 Å². The minimum atomic E-state index is -4.39. The predicted molar refractivity (Wildman–Crippen MR) is 229 cm³/mol. The van der Waals surface area contributed by atoms with Crippen molar-refractivity contribution in [2.24, 2.45) is 5.73 Å². The van der Waals surface area contributed by atoms with E-state index in [0.29, 0.717) is 6.42 Å². The number of carbonyl (C=O) groups excluding carboxylic acids is 2. The number of phosphoric acid groups is 1. The summed E-state index contributed by atoms with van der Waals surface area (Å²) in [7, 11) is -4.39. The Bertz CT molecular complexity index is 1040. The molecule has 0 bridgehead atoms. The Kier molecular flexibility index (Phi) is 40.1. The lowest BCUT2D eigenvalue weighted by molar-refractivity contribution is -0.161. The molecule has 3 N–H and O–H groups in total. The van der Waals surface area contributed by atoms with E-state index in [-0.39, 0.29) is 32.6 Å². The Morgan fingerprint density at radius 3 is 1.49 bits per heavy atom. The number of phosphoric ester groups is 1. The fraction of sp³-hybridized carbons (Fsp3) is 0.778. The number of ether oxygens (including phenoxy) is 2. The summed E-state index contributed by atoms with van der Waals surface area (Å²) in [5.41, 5.74) is 5.34. The van der Waals surface area contributed by atoms with Crippen LogP contribution in [0.2, 0.25) is 0 Å². The first-order valence-corrected chi connectivity index (χ1v) is 23.7. The fourth-order valence-electron chi connectivity index (χ4n) is 6.06. The van der Waals surface area contributed by atoms with Crippen molar-refractivity contribution in [1.29, 1.82) is 0 Å². The van der Waals surface area contributed by atoms with Gasteiger partial charge in [0.2, 0.25) is 0 Å². The van der Waals surface area contributed by atoms with Crippen molar-refractivity contribution in [2.75, 3.05) is 26.4 Å². The Hall–Kier alpha value is -2.03. The molecule has 0 aromatic heterocycles. The summed E-state index contributed by atoms with van der Waals surface area (Å²) in [6, 6.07) is 0. The highest BCUT2D eigenvalue weighted by Crippen LogP contribution is 2.43. The van der Waals surface area contributed by atoms with Crippen LogP contribution in [0.1, 0.15) is 194 Å². The van der Waals surface area contributed by atoms with Gasteiger partial charge in [0.25, 0.3) is 0 Å². The van der Waals surface area contributed by atoms with Gasteiger partial charge in [-0.2, -0.15) is 0 Å². The topological polar surface area (TPSA) is 134 Å². The van der Waals surface area contributed by atoms with Gasteiger partial charge in [0.15, 0.2) is 6.10 Å². The average molecular weight is 796 g/mol. The van der Waals surface area contributed by atoms with Gasteiger partial charge in [0, 0.05) is 19.4 Å². The van der Waals surface area contributed by atoms with Crippen molar-refractivity contribution >= 4 is 19.8 Å². The Morgan fingerprint density at radius 1 is 0.564 bits per heavy atom.